The number of carbonyl (C=O) groups is 1. The number of hydrogen-bond acceptors (Lipinski definition) is 8. The summed E-state index contributed by atoms with van der Waals surface area (Å²) in [5.74, 6) is 0.677. The molecule has 1 aliphatic carbocycles. The Morgan fingerprint density at radius 2 is 1.95 bits per heavy atom. The molecule has 0 spiro atoms. The van der Waals surface area contributed by atoms with Gasteiger partial charge in [0.2, 0.25) is 5.91 Å². The van der Waals surface area contributed by atoms with Gasteiger partial charge < -0.3 is 14.5 Å². The molecule has 3 aliphatic rings. The van der Waals surface area contributed by atoms with E-state index in [4.69, 9.17) is 14.7 Å². The van der Waals surface area contributed by atoms with Crippen LogP contribution in [0.3, 0.4) is 0 Å². The molecule has 216 valence electrons. The van der Waals surface area contributed by atoms with Crippen LogP contribution in [0, 0.1) is 11.3 Å². The Balaban J connectivity index is 1.23. The maximum absolute atomic E-state index is 12.6. The van der Waals surface area contributed by atoms with E-state index in [9.17, 15) is 10.1 Å². The van der Waals surface area contributed by atoms with Gasteiger partial charge in [0.05, 0.1) is 24.2 Å². The number of benzene rings is 2. The smallest absolute Gasteiger partial charge is 0.319 e. The van der Waals surface area contributed by atoms with E-state index in [0.29, 0.717) is 38.7 Å². The summed E-state index contributed by atoms with van der Waals surface area (Å²) < 4.78 is 6.34. The van der Waals surface area contributed by atoms with Crippen molar-refractivity contribution in [1.82, 2.24) is 24.8 Å². The molecule has 0 radical (unpaired) electrons. The Morgan fingerprint density at radius 1 is 1.14 bits per heavy atom. The molecule has 7 rings (SSSR count). The second kappa shape index (κ2) is 11.1. The number of rotatable bonds is 7. The van der Waals surface area contributed by atoms with Gasteiger partial charge in [0.25, 0.3) is 0 Å². The van der Waals surface area contributed by atoms with Gasteiger partial charge in [-0.15, -0.1) is 0 Å². The number of anilines is 1. The van der Waals surface area contributed by atoms with Gasteiger partial charge >= 0.3 is 6.01 Å². The summed E-state index contributed by atoms with van der Waals surface area (Å²) in [7, 11) is 0. The van der Waals surface area contributed by atoms with Crippen LogP contribution in [0.15, 0.2) is 73.6 Å². The lowest BCUT2D eigenvalue weighted by atomic mass is 10.0. The van der Waals surface area contributed by atoms with E-state index in [-0.39, 0.29) is 30.5 Å². The zero-order valence-corrected chi connectivity index (χ0v) is 24.2. The maximum Gasteiger partial charge on any atom is 0.319 e. The van der Waals surface area contributed by atoms with E-state index in [1.807, 2.05) is 19.1 Å². The van der Waals surface area contributed by atoms with E-state index >= 15 is 0 Å². The highest BCUT2D eigenvalue weighted by Crippen LogP contribution is 2.44. The molecule has 9 heteroatoms. The largest absolute Gasteiger partial charge is 0.456 e. The number of aromatic nitrogens is 3. The zero-order valence-electron chi connectivity index (χ0n) is 24.2. The van der Waals surface area contributed by atoms with Crippen LogP contribution in [-0.4, -0.2) is 56.3 Å². The monoisotopic (exact) mass is 571 g/mol. The molecule has 4 heterocycles. The van der Waals surface area contributed by atoms with Crippen LogP contribution in [0.2, 0.25) is 0 Å². The number of nitrogens with zero attached hydrogens (tertiary/aromatic N) is 7. The molecule has 0 N–H and O–H groups in total. The van der Waals surface area contributed by atoms with Crippen molar-refractivity contribution < 1.29 is 9.53 Å². The van der Waals surface area contributed by atoms with Crippen molar-refractivity contribution in [1.29, 1.82) is 5.26 Å². The molecular formula is C34H33N7O2. The molecule has 2 aliphatic heterocycles. The fourth-order valence-electron chi connectivity index (χ4n) is 6.91. The SMILES string of the molecule is C=CC(=O)N1CCN(c2nc(O[C@H](C)c3ccncc3)nc3c2CN([C@@H]2Cc4cccc5cccc2c45)C3)C[C@@H]1CC#N. The molecule has 0 bridgehead atoms. The summed E-state index contributed by atoms with van der Waals surface area (Å²) in [6.45, 7) is 8.64. The molecule has 0 unspecified atom stereocenters. The molecule has 4 aromatic rings. The molecule has 43 heavy (non-hydrogen) atoms. The number of ether oxygens (including phenoxy) is 1. The van der Waals surface area contributed by atoms with Crippen molar-refractivity contribution in [3.05, 3.63) is 102 Å². The van der Waals surface area contributed by atoms with Crippen LogP contribution in [0.25, 0.3) is 10.8 Å². The van der Waals surface area contributed by atoms with Gasteiger partial charge in [-0.05, 0) is 59.0 Å². The van der Waals surface area contributed by atoms with Crippen LogP contribution in [0.4, 0.5) is 5.82 Å². The van der Waals surface area contributed by atoms with Crippen molar-refractivity contribution >= 4 is 22.5 Å². The molecule has 2 aromatic carbocycles. The standard InChI is InChI=1S/C34H33N7O2/c1-3-31(42)41-17-16-39(19-26(41)10-13-35)33-28-20-40(30-18-25-8-4-6-24-7-5-9-27(30)32(24)25)21-29(28)37-34(38-33)43-22(2)23-11-14-36-15-12-23/h3-9,11-12,14-15,22,26,30H,1,10,16-21H2,2H3/t22-,26+,30-/m1/s1. The predicted octanol–water partition coefficient (Wildman–Crippen LogP) is 4.89. The minimum Gasteiger partial charge on any atom is -0.456 e. The number of amides is 1. The molecule has 9 nitrogen and oxygen atoms in total. The predicted molar refractivity (Wildman–Crippen MR) is 163 cm³/mol. The molecule has 3 atom stereocenters. The van der Waals surface area contributed by atoms with Crippen molar-refractivity contribution in [3.63, 3.8) is 0 Å². The van der Waals surface area contributed by atoms with Gasteiger partial charge in [-0.25, -0.2) is 0 Å². The first-order valence-electron chi connectivity index (χ1n) is 14.8. The van der Waals surface area contributed by atoms with E-state index in [0.717, 1.165) is 29.1 Å². The second-order valence-corrected chi connectivity index (χ2v) is 11.5. The highest BCUT2D eigenvalue weighted by atomic mass is 16.5. The lowest BCUT2D eigenvalue weighted by Crippen LogP contribution is -2.55. The Labute approximate surface area is 251 Å². The second-order valence-electron chi connectivity index (χ2n) is 11.5. The van der Waals surface area contributed by atoms with Gasteiger partial charge in [-0.1, -0.05) is 43.0 Å². The number of nitriles is 1. The quantitative estimate of drug-likeness (QED) is 0.289. The van der Waals surface area contributed by atoms with Gasteiger partial charge in [-0.3, -0.25) is 14.7 Å². The van der Waals surface area contributed by atoms with E-state index < -0.39 is 0 Å². The summed E-state index contributed by atoms with van der Waals surface area (Å²) in [5.41, 5.74) is 5.80. The highest BCUT2D eigenvalue weighted by Gasteiger charge is 2.38. The number of pyridine rings is 1. The summed E-state index contributed by atoms with van der Waals surface area (Å²) in [6, 6.07) is 19.6. The minimum absolute atomic E-state index is 0.149. The molecular weight excluding hydrogens is 538 g/mol. The summed E-state index contributed by atoms with van der Waals surface area (Å²) in [4.78, 5) is 33.1. The molecule has 1 saturated heterocycles. The van der Waals surface area contributed by atoms with Crippen molar-refractivity contribution in [2.75, 3.05) is 24.5 Å². The average Bonchev–Trinajstić information content (AvgIpc) is 3.64. The Kier molecular flexibility index (Phi) is 6.99. The first-order chi connectivity index (χ1) is 21.0. The number of carbonyl (C=O) groups excluding carboxylic acids is 1. The van der Waals surface area contributed by atoms with E-state index in [1.54, 1.807) is 17.3 Å². The Bertz CT molecular complexity index is 1750. The minimum atomic E-state index is -0.262. The summed E-state index contributed by atoms with van der Waals surface area (Å²) >= 11 is 0. The molecule has 0 saturated carbocycles. The number of piperazine rings is 1. The first-order valence-corrected chi connectivity index (χ1v) is 14.8. The van der Waals surface area contributed by atoms with Crippen LogP contribution in [0.1, 0.15) is 53.4 Å². The molecule has 1 fully saturated rings. The Hall–Kier alpha value is -4.81. The van der Waals surface area contributed by atoms with Crippen LogP contribution in [-0.2, 0) is 24.3 Å². The lowest BCUT2D eigenvalue weighted by Gasteiger charge is -2.41. The van der Waals surface area contributed by atoms with E-state index in [1.165, 1.54) is 28.0 Å². The summed E-state index contributed by atoms with van der Waals surface area (Å²) in [6.07, 6.45) is 5.77. The maximum atomic E-state index is 12.6. The fourth-order valence-corrected chi connectivity index (χ4v) is 6.91. The van der Waals surface area contributed by atoms with E-state index in [2.05, 4.69) is 63.8 Å². The third-order valence-electron chi connectivity index (χ3n) is 9.03. The van der Waals surface area contributed by atoms with Gasteiger partial charge in [0.1, 0.15) is 11.9 Å². The molecule has 2 aromatic heterocycles. The van der Waals surface area contributed by atoms with Crippen molar-refractivity contribution in [2.45, 2.75) is 51.0 Å². The normalized spacial score (nSPS) is 20.1. The third kappa shape index (κ3) is 4.88. The van der Waals surface area contributed by atoms with Crippen LogP contribution in [0.5, 0.6) is 6.01 Å². The zero-order chi connectivity index (χ0) is 29.5. The van der Waals surface area contributed by atoms with Gasteiger partial charge in [0, 0.05) is 56.7 Å². The highest BCUT2D eigenvalue weighted by molar-refractivity contribution is 5.91. The third-order valence-corrected chi connectivity index (χ3v) is 9.03. The summed E-state index contributed by atoms with van der Waals surface area (Å²) in [5, 5.41) is 12.2. The fraction of sp³-hybridized carbons (Fsp3) is 0.324. The van der Waals surface area contributed by atoms with Crippen molar-refractivity contribution in [3.8, 4) is 12.1 Å². The average molecular weight is 572 g/mol. The lowest BCUT2D eigenvalue weighted by molar-refractivity contribution is -0.128. The first kappa shape index (κ1) is 27.0. The molecule has 1 amide bonds. The van der Waals surface area contributed by atoms with Gasteiger partial charge in [0.15, 0.2) is 0 Å². The number of hydrogen-bond donors (Lipinski definition) is 0. The van der Waals surface area contributed by atoms with Crippen molar-refractivity contribution in [2.24, 2.45) is 0 Å². The topological polar surface area (TPSA) is 98.5 Å². The number of fused-ring (bicyclic) bond motifs is 1. The Morgan fingerprint density at radius 3 is 2.74 bits per heavy atom. The van der Waals surface area contributed by atoms with Crippen LogP contribution >= 0.6 is 0 Å². The van der Waals surface area contributed by atoms with Gasteiger partial charge in [-0.2, -0.15) is 15.2 Å². The van der Waals surface area contributed by atoms with Crippen LogP contribution < -0.4 is 9.64 Å².